The first-order chi connectivity index (χ1) is 9.06. The first-order valence-electron chi connectivity index (χ1n) is 6.80. The van der Waals surface area contributed by atoms with Crippen molar-refractivity contribution >= 4 is 0 Å². The maximum absolute atomic E-state index is 4.45. The van der Waals surface area contributed by atoms with Gasteiger partial charge in [0, 0.05) is 25.7 Å². The van der Waals surface area contributed by atoms with Gasteiger partial charge in [0.2, 0.25) is 0 Å². The Morgan fingerprint density at radius 3 is 2.37 bits per heavy atom. The topological polar surface area (TPSA) is 29.9 Å². The predicted molar refractivity (Wildman–Crippen MR) is 79.4 cm³/mol. The molecule has 0 aliphatic rings. The summed E-state index contributed by atoms with van der Waals surface area (Å²) < 4.78 is 1.86. The Kier molecular flexibility index (Phi) is 4.38. The number of hydrogen-bond acceptors (Lipinski definition) is 2. The molecule has 1 atom stereocenters. The lowest BCUT2D eigenvalue weighted by molar-refractivity contribution is 0.545. The molecular weight excluding hydrogens is 234 g/mol. The Bertz CT molecular complexity index is 522. The molecule has 0 saturated heterocycles. The lowest BCUT2D eigenvalue weighted by atomic mass is 9.99. The summed E-state index contributed by atoms with van der Waals surface area (Å²) in [6.45, 7) is 4.31. The smallest absolute Gasteiger partial charge is 0.0640 e. The number of nitrogens with one attached hydrogen (secondary N) is 1. The van der Waals surface area contributed by atoms with E-state index >= 15 is 0 Å². The van der Waals surface area contributed by atoms with E-state index in [1.807, 2.05) is 25.0 Å². The SMILES string of the molecule is CNC(Cc1cc(C)cc(C)c1)Cc1ccn(C)n1. The standard InChI is InChI=1S/C16H23N3/c1-12-7-13(2)9-14(8-12)10-16(17-3)11-15-5-6-19(4)18-15/h5-9,16-17H,10-11H2,1-4H3. The van der Waals surface area contributed by atoms with Crippen molar-refractivity contribution in [3.05, 3.63) is 52.8 Å². The number of benzene rings is 1. The second-order valence-corrected chi connectivity index (χ2v) is 5.37. The zero-order chi connectivity index (χ0) is 13.8. The van der Waals surface area contributed by atoms with Gasteiger partial charge < -0.3 is 5.32 Å². The van der Waals surface area contributed by atoms with Crippen molar-refractivity contribution in [3.8, 4) is 0 Å². The number of rotatable bonds is 5. The van der Waals surface area contributed by atoms with E-state index in [1.165, 1.54) is 16.7 Å². The molecule has 0 aliphatic carbocycles. The van der Waals surface area contributed by atoms with Crippen molar-refractivity contribution in [3.63, 3.8) is 0 Å². The highest BCUT2D eigenvalue weighted by molar-refractivity contribution is 5.29. The quantitative estimate of drug-likeness (QED) is 0.891. The summed E-state index contributed by atoms with van der Waals surface area (Å²) in [7, 11) is 3.98. The molecule has 0 amide bonds. The Labute approximate surface area is 115 Å². The van der Waals surface area contributed by atoms with E-state index in [1.54, 1.807) is 0 Å². The van der Waals surface area contributed by atoms with Crippen LogP contribution in [0.5, 0.6) is 0 Å². The van der Waals surface area contributed by atoms with Gasteiger partial charge in [0.05, 0.1) is 5.69 Å². The van der Waals surface area contributed by atoms with Crippen molar-refractivity contribution in [1.82, 2.24) is 15.1 Å². The van der Waals surface area contributed by atoms with E-state index in [0.29, 0.717) is 6.04 Å². The lowest BCUT2D eigenvalue weighted by Crippen LogP contribution is -2.30. The van der Waals surface area contributed by atoms with Crippen molar-refractivity contribution < 1.29 is 0 Å². The van der Waals surface area contributed by atoms with Crippen LogP contribution in [0.4, 0.5) is 0 Å². The molecule has 0 radical (unpaired) electrons. The molecule has 3 nitrogen and oxygen atoms in total. The molecule has 1 aromatic heterocycles. The van der Waals surface area contributed by atoms with Crippen molar-refractivity contribution in [2.45, 2.75) is 32.7 Å². The van der Waals surface area contributed by atoms with E-state index in [4.69, 9.17) is 0 Å². The zero-order valence-electron chi connectivity index (χ0n) is 12.3. The van der Waals surface area contributed by atoms with Gasteiger partial charge in [-0.15, -0.1) is 0 Å². The fraction of sp³-hybridized carbons (Fsp3) is 0.438. The van der Waals surface area contributed by atoms with Gasteiger partial charge in [0.15, 0.2) is 0 Å². The molecule has 1 N–H and O–H groups in total. The average Bonchev–Trinajstić information content (AvgIpc) is 2.72. The molecule has 1 aromatic carbocycles. The molecule has 0 fully saturated rings. The van der Waals surface area contributed by atoms with Gasteiger partial charge in [0.25, 0.3) is 0 Å². The van der Waals surface area contributed by atoms with Crippen molar-refractivity contribution in [1.29, 1.82) is 0 Å². The first-order valence-corrected chi connectivity index (χ1v) is 6.80. The van der Waals surface area contributed by atoms with Gasteiger partial charge in [-0.2, -0.15) is 5.10 Å². The Morgan fingerprint density at radius 2 is 1.84 bits per heavy atom. The summed E-state index contributed by atoms with van der Waals surface area (Å²) in [6.07, 6.45) is 4.00. The van der Waals surface area contributed by atoms with Crippen LogP contribution in [0.2, 0.25) is 0 Å². The molecule has 0 aliphatic heterocycles. The van der Waals surface area contributed by atoms with Crippen LogP contribution >= 0.6 is 0 Å². The number of hydrogen-bond donors (Lipinski definition) is 1. The highest BCUT2D eigenvalue weighted by Gasteiger charge is 2.10. The normalized spacial score (nSPS) is 12.6. The van der Waals surface area contributed by atoms with Gasteiger partial charge in [-0.25, -0.2) is 0 Å². The zero-order valence-corrected chi connectivity index (χ0v) is 12.3. The molecular formula is C16H23N3. The van der Waals surface area contributed by atoms with Crippen LogP contribution in [0, 0.1) is 13.8 Å². The number of nitrogens with zero attached hydrogens (tertiary/aromatic N) is 2. The van der Waals surface area contributed by atoms with Gasteiger partial charge in [-0.05, 0) is 38.9 Å². The van der Waals surface area contributed by atoms with E-state index in [2.05, 4.69) is 48.5 Å². The summed E-state index contributed by atoms with van der Waals surface area (Å²) in [5.41, 5.74) is 5.21. The van der Waals surface area contributed by atoms with Crippen LogP contribution in [-0.4, -0.2) is 22.9 Å². The predicted octanol–water partition coefficient (Wildman–Crippen LogP) is 2.41. The second-order valence-electron chi connectivity index (χ2n) is 5.37. The summed E-state index contributed by atoms with van der Waals surface area (Å²) in [5, 5.41) is 7.85. The van der Waals surface area contributed by atoms with E-state index < -0.39 is 0 Å². The third-order valence-corrected chi connectivity index (χ3v) is 3.40. The highest BCUT2D eigenvalue weighted by Crippen LogP contribution is 2.12. The molecule has 102 valence electrons. The molecule has 0 spiro atoms. The van der Waals surface area contributed by atoms with Gasteiger partial charge >= 0.3 is 0 Å². The van der Waals surface area contributed by atoms with Crippen molar-refractivity contribution in [2.24, 2.45) is 7.05 Å². The maximum atomic E-state index is 4.45. The number of aromatic nitrogens is 2. The first kappa shape index (κ1) is 13.8. The van der Waals surface area contributed by atoms with E-state index in [9.17, 15) is 0 Å². The molecule has 2 aromatic rings. The third-order valence-electron chi connectivity index (χ3n) is 3.40. The van der Waals surface area contributed by atoms with Gasteiger partial charge in [-0.1, -0.05) is 29.3 Å². The molecule has 2 rings (SSSR count). The molecule has 0 bridgehead atoms. The molecule has 1 heterocycles. The van der Waals surface area contributed by atoms with E-state index in [-0.39, 0.29) is 0 Å². The third kappa shape index (κ3) is 3.93. The molecule has 19 heavy (non-hydrogen) atoms. The fourth-order valence-electron chi connectivity index (χ4n) is 2.57. The van der Waals surface area contributed by atoms with Crippen LogP contribution in [0.3, 0.4) is 0 Å². The number of likely N-dealkylation sites (N-methyl/N-ethyl adjacent to an activating group) is 1. The summed E-state index contributed by atoms with van der Waals surface area (Å²) in [6, 6.07) is 9.28. The molecule has 1 unspecified atom stereocenters. The summed E-state index contributed by atoms with van der Waals surface area (Å²) in [5.74, 6) is 0. The highest BCUT2D eigenvalue weighted by atomic mass is 15.2. The van der Waals surface area contributed by atoms with E-state index in [0.717, 1.165) is 18.5 Å². The molecule has 0 saturated carbocycles. The Balaban J connectivity index is 2.06. The minimum absolute atomic E-state index is 0.427. The van der Waals surface area contributed by atoms with Gasteiger partial charge in [-0.3, -0.25) is 4.68 Å². The monoisotopic (exact) mass is 257 g/mol. The summed E-state index contributed by atoms with van der Waals surface area (Å²) >= 11 is 0. The van der Waals surface area contributed by atoms with Crippen LogP contribution in [0.25, 0.3) is 0 Å². The molecule has 3 heteroatoms. The Morgan fingerprint density at radius 1 is 1.16 bits per heavy atom. The van der Waals surface area contributed by atoms with Crippen LogP contribution in [-0.2, 0) is 19.9 Å². The van der Waals surface area contributed by atoms with Crippen LogP contribution in [0.1, 0.15) is 22.4 Å². The lowest BCUT2D eigenvalue weighted by Gasteiger charge is -2.16. The average molecular weight is 257 g/mol. The number of aryl methyl sites for hydroxylation is 3. The second kappa shape index (κ2) is 6.02. The Hall–Kier alpha value is -1.61. The fourth-order valence-corrected chi connectivity index (χ4v) is 2.57. The van der Waals surface area contributed by atoms with Crippen LogP contribution in [0.15, 0.2) is 30.5 Å². The minimum atomic E-state index is 0.427. The van der Waals surface area contributed by atoms with Crippen LogP contribution < -0.4 is 5.32 Å². The maximum Gasteiger partial charge on any atom is 0.0640 e. The largest absolute Gasteiger partial charge is 0.316 e. The van der Waals surface area contributed by atoms with Crippen molar-refractivity contribution in [2.75, 3.05) is 7.05 Å². The minimum Gasteiger partial charge on any atom is -0.316 e. The van der Waals surface area contributed by atoms with Gasteiger partial charge in [0.1, 0.15) is 0 Å². The summed E-state index contributed by atoms with van der Waals surface area (Å²) in [4.78, 5) is 0.